The van der Waals surface area contributed by atoms with E-state index in [1.807, 2.05) is 18.3 Å². The molecule has 2 aromatic carbocycles. The molecule has 86 valence electrons. The molecule has 3 rings (SSSR count). The van der Waals surface area contributed by atoms with Crippen molar-refractivity contribution in [3.8, 4) is 0 Å². The summed E-state index contributed by atoms with van der Waals surface area (Å²) < 4.78 is 0. The molecule has 0 amide bonds. The van der Waals surface area contributed by atoms with E-state index in [1.54, 1.807) is 6.20 Å². The average Bonchev–Trinajstić information content (AvgIpc) is 2.46. The number of pyridine rings is 1. The fourth-order valence-corrected chi connectivity index (χ4v) is 1.98. The maximum atomic E-state index is 4.10. The van der Waals surface area contributed by atoms with Crippen molar-refractivity contribution in [2.75, 3.05) is 0 Å². The van der Waals surface area contributed by atoms with Gasteiger partial charge in [0.2, 0.25) is 0 Å². The van der Waals surface area contributed by atoms with E-state index in [9.17, 15) is 0 Å². The van der Waals surface area contributed by atoms with Gasteiger partial charge in [-0.3, -0.25) is 4.98 Å². The largest absolute Gasteiger partial charge is 0.264 e. The number of hydrogen-bond acceptors (Lipinski definition) is 1. The maximum Gasteiger partial charge on any atom is 0.0340 e. The normalized spacial score (nSPS) is 11.1. The molecule has 0 atom stereocenters. The molecular weight excluding hydrogens is 218 g/mol. The van der Waals surface area contributed by atoms with Gasteiger partial charge in [-0.05, 0) is 34.0 Å². The van der Waals surface area contributed by atoms with Crippen LogP contribution in [0.1, 0.15) is 11.1 Å². The lowest BCUT2D eigenvalue weighted by atomic mass is 10.1. The molecule has 0 bridgehead atoms. The Kier molecular flexibility index (Phi) is 2.89. The van der Waals surface area contributed by atoms with Gasteiger partial charge in [-0.1, -0.05) is 54.6 Å². The van der Waals surface area contributed by atoms with Crippen LogP contribution < -0.4 is 0 Å². The van der Waals surface area contributed by atoms with Crippen molar-refractivity contribution in [2.45, 2.75) is 0 Å². The summed E-state index contributed by atoms with van der Waals surface area (Å²) in [6.07, 6.45) is 7.84. The molecular formula is C17H13N. The van der Waals surface area contributed by atoms with Crippen LogP contribution in [0.15, 0.2) is 67.0 Å². The molecule has 1 aromatic heterocycles. The third-order valence-corrected chi connectivity index (χ3v) is 2.93. The molecule has 0 unspecified atom stereocenters. The predicted molar refractivity (Wildman–Crippen MR) is 77.1 cm³/mol. The summed E-state index contributed by atoms with van der Waals surface area (Å²) in [6.45, 7) is 0. The van der Waals surface area contributed by atoms with E-state index in [-0.39, 0.29) is 0 Å². The highest BCUT2D eigenvalue weighted by Crippen LogP contribution is 2.17. The van der Waals surface area contributed by atoms with Gasteiger partial charge < -0.3 is 0 Å². The number of benzene rings is 2. The van der Waals surface area contributed by atoms with Gasteiger partial charge in [0.1, 0.15) is 0 Å². The van der Waals surface area contributed by atoms with Gasteiger partial charge in [0.25, 0.3) is 0 Å². The zero-order valence-corrected chi connectivity index (χ0v) is 9.95. The minimum atomic E-state index is 1.12. The second-order valence-corrected chi connectivity index (χ2v) is 4.23. The molecule has 3 aromatic rings. The summed E-state index contributed by atoms with van der Waals surface area (Å²) in [4.78, 5) is 4.10. The zero-order valence-electron chi connectivity index (χ0n) is 9.95. The fourth-order valence-electron chi connectivity index (χ4n) is 1.98. The van der Waals surface area contributed by atoms with Crippen LogP contribution >= 0.6 is 0 Å². The molecule has 0 aliphatic heterocycles. The van der Waals surface area contributed by atoms with Crippen molar-refractivity contribution in [1.29, 1.82) is 0 Å². The molecule has 0 saturated heterocycles. The monoisotopic (exact) mass is 231 g/mol. The number of aromatic nitrogens is 1. The van der Waals surface area contributed by atoms with Gasteiger partial charge in [0.05, 0.1) is 0 Å². The summed E-state index contributed by atoms with van der Waals surface area (Å²) in [7, 11) is 0. The lowest BCUT2D eigenvalue weighted by Crippen LogP contribution is -1.76. The second kappa shape index (κ2) is 4.84. The highest BCUT2D eigenvalue weighted by molar-refractivity contribution is 5.85. The van der Waals surface area contributed by atoms with Gasteiger partial charge in [-0.15, -0.1) is 0 Å². The highest BCUT2D eigenvalue weighted by atomic mass is 14.6. The van der Waals surface area contributed by atoms with Crippen LogP contribution in [0, 0.1) is 0 Å². The molecule has 0 aliphatic carbocycles. The zero-order chi connectivity index (χ0) is 12.2. The summed E-state index contributed by atoms with van der Waals surface area (Å²) in [5, 5.41) is 2.54. The first kappa shape index (κ1) is 10.7. The standard InChI is InChI=1S/C17H13N/c1-2-6-17-12-14(9-10-16(17)5-1)7-8-15-4-3-11-18-13-15/h1-13H/b8-7-. The molecule has 0 aliphatic rings. The Morgan fingerprint density at radius 1 is 0.722 bits per heavy atom. The summed E-state index contributed by atoms with van der Waals surface area (Å²) in [5.41, 5.74) is 2.32. The van der Waals surface area contributed by atoms with Gasteiger partial charge in [-0.25, -0.2) is 0 Å². The lowest BCUT2D eigenvalue weighted by molar-refractivity contribution is 1.32. The topological polar surface area (TPSA) is 12.9 Å². The van der Waals surface area contributed by atoms with Gasteiger partial charge in [-0.2, -0.15) is 0 Å². The Balaban J connectivity index is 1.93. The smallest absolute Gasteiger partial charge is 0.0340 e. The van der Waals surface area contributed by atoms with Crippen molar-refractivity contribution in [3.05, 3.63) is 78.1 Å². The van der Waals surface area contributed by atoms with E-state index in [2.05, 4.69) is 59.6 Å². The van der Waals surface area contributed by atoms with Crippen LogP contribution in [-0.4, -0.2) is 4.98 Å². The molecule has 0 radical (unpaired) electrons. The molecule has 1 heterocycles. The van der Waals surface area contributed by atoms with Crippen LogP contribution in [0.5, 0.6) is 0 Å². The Hall–Kier alpha value is -2.41. The van der Waals surface area contributed by atoms with E-state index < -0.39 is 0 Å². The van der Waals surface area contributed by atoms with Crippen LogP contribution in [0.25, 0.3) is 22.9 Å². The molecule has 0 spiro atoms. The second-order valence-electron chi connectivity index (χ2n) is 4.23. The van der Waals surface area contributed by atoms with Crippen molar-refractivity contribution < 1.29 is 0 Å². The van der Waals surface area contributed by atoms with E-state index >= 15 is 0 Å². The third kappa shape index (κ3) is 2.30. The van der Waals surface area contributed by atoms with E-state index in [1.165, 1.54) is 16.3 Å². The predicted octanol–water partition coefficient (Wildman–Crippen LogP) is 4.41. The Morgan fingerprint density at radius 2 is 1.56 bits per heavy atom. The summed E-state index contributed by atoms with van der Waals surface area (Å²) in [6, 6.07) is 18.9. The van der Waals surface area contributed by atoms with Crippen LogP contribution in [0.4, 0.5) is 0 Å². The van der Waals surface area contributed by atoms with E-state index in [0.717, 1.165) is 5.56 Å². The number of fused-ring (bicyclic) bond motifs is 1. The van der Waals surface area contributed by atoms with Gasteiger partial charge in [0.15, 0.2) is 0 Å². The molecule has 0 fully saturated rings. The van der Waals surface area contributed by atoms with Crippen molar-refractivity contribution in [3.63, 3.8) is 0 Å². The Bertz CT molecular complexity index is 684. The van der Waals surface area contributed by atoms with E-state index in [4.69, 9.17) is 0 Å². The number of hydrogen-bond donors (Lipinski definition) is 0. The third-order valence-electron chi connectivity index (χ3n) is 2.93. The van der Waals surface area contributed by atoms with Crippen molar-refractivity contribution in [1.82, 2.24) is 4.98 Å². The molecule has 1 heteroatoms. The number of nitrogens with zero attached hydrogens (tertiary/aromatic N) is 1. The minimum absolute atomic E-state index is 1.12. The first-order valence-electron chi connectivity index (χ1n) is 5.99. The van der Waals surface area contributed by atoms with E-state index in [0.29, 0.717) is 0 Å². The lowest BCUT2D eigenvalue weighted by Gasteiger charge is -1.99. The fraction of sp³-hybridized carbons (Fsp3) is 0. The Morgan fingerprint density at radius 3 is 2.39 bits per heavy atom. The average molecular weight is 231 g/mol. The molecule has 18 heavy (non-hydrogen) atoms. The quantitative estimate of drug-likeness (QED) is 0.636. The Labute approximate surface area is 106 Å². The van der Waals surface area contributed by atoms with Crippen LogP contribution in [0.3, 0.4) is 0 Å². The first-order chi connectivity index (χ1) is 8.92. The minimum Gasteiger partial charge on any atom is -0.264 e. The SMILES string of the molecule is C(=C/c1ccc2ccccc2c1)/c1cccnc1. The molecule has 1 nitrogen and oxygen atoms in total. The van der Waals surface area contributed by atoms with Crippen molar-refractivity contribution >= 4 is 22.9 Å². The summed E-state index contributed by atoms with van der Waals surface area (Å²) in [5.74, 6) is 0. The molecule has 0 N–H and O–H groups in total. The highest BCUT2D eigenvalue weighted by Gasteiger charge is 1.93. The first-order valence-corrected chi connectivity index (χ1v) is 5.99. The number of rotatable bonds is 2. The maximum absolute atomic E-state index is 4.10. The van der Waals surface area contributed by atoms with Crippen LogP contribution in [0.2, 0.25) is 0 Å². The van der Waals surface area contributed by atoms with Gasteiger partial charge >= 0.3 is 0 Å². The van der Waals surface area contributed by atoms with Crippen LogP contribution in [-0.2, 0) is 0 Å². The molecule has 0 saturated carbocycles. The van der Waals surface area contributed by atoms with Gasteiger partial charge in [0, 0.05) is 12.4 Å². The summed E-state index contributed by atoms with van der Waals surface area (Å²) >= 11 is 0. The van der Waals surface area contributed by atoms with Crippen molar-refractivity contribution in [2.24, 2.45) is 0 Å².